The van der Waals surface area contributed by atoms with E-state index in [0.29, 0.717) is 17.4 Å². The molecule has 0 amide bonds. The molecule has 4 nitrogen and oxygen atoms in total. The molecule has 2 heterocycles. The highest BCUT2D eigenvalue weighted by Crippen LogP contribution is 2.28. The number of furan rings is 1. The van der Waals surface area contributed by atoms with Crippen LogP contribution < -0.4 is 0 Å². The zero-order valence-electron chi connectivity index (χ0n) is 9.64. The standard InChI is InChI=1S/C12H13NO3S/c1-3-7(2)11-13-9(6-17-11)10-4-8(5-16-10)12(14)15/h4-7H,3H2,1-2H3,(H,14,15). The molecule has 2 aromatic heterocycles. The number of hydrogen-bond donors (Lipinski definition) is 1. The summed E-state index contributed by atoms with van der Waals surface area (Å²) in [7, 11) is 0. The second-order valence-electron chi connectivity index (χ2n) is 3.89. The first-order valence-corrected chi connectivity index (χ1v) is 6.27. The molecular formula is C12H13NO3S. The molecule has 1 N–H and O–H groups in total. The number of carboxylic acids is 1. The van der Waals surface area contributed by atoms with E-state index in [-0.39, 0.29) is 5.56 Å². The fourth-order valence-corrected chi connectivity index (χ4v) is 2.34. The molecule has 0 bridgehead atoms. The molecule has 2 aromatic rings. The fraction of sp³-hybridized carbons (Fsp3) is 0.333. The predicted molar refractivity (Wildman–Crippen MR) is 65.5 cm³/mol. The summed E-state index contributed by atoms with van der Waals surface area (Å²) in [6, 6.07) is 1.50. The highest BCUT2D eigenvalue weighted by Gasteiger charge is 2.14. The summed E-state index contributed by atoms with van der Waals surface area (Å²) in [5, 5.41) is 11.7. The largest absolute Gasteiger partial charge is 0.478 e. The second kappa shape index (κ2) is 4.71. The molecule has 0 aliphatic rings. The monoisotopic (exact) mass is 251 g/mol. The van der Waals surface area contributed by atoms with E-state index in [2.05, 4.69) is 18.8 Å². The Hall–Kier alpha value is -1.62. The maximum Gasteiger partial charge on any atom is 0.338 e. The average molecular weight is 251 g/mol. The Kier molecular flexibility index (Phi) is 3.28. The minimum atomic E-state index is -0.989. The second-order valence-corrected chi connectivity index (χ2v) is 4.77. The van der Waals surface area contributed by atoms with Gasteiger partial charge in [0.2, 0.25) is 0 Å². The van der Waals surface area contributed by atoms with E-state index in [1.807, 2.05) is 5.38 Å². The first-order valence-electron chi connectivity index (χ1n) is 5.39. The van der Waals surface area contributed by atoms with Crippen molar-refractivity contribution in [2.24, 2.45) is 0 Å². The highest BCUT2D eigenvalue weighted by atomic mass is 32.1. The Morgan fingerprint density at radius 3 is 3.00 bits per heavy atom. The van der Waals surface area contributed by atoms with E-state index >= 15 is 0 Å². The van der Waals surface area contributed by atoms with Crippen LogP contribution in [0.5, 0.6) is 0 Å². The maximum absolute atomic E-state index is 10.7. The normalized spacial score (nSPS) is 12.6. The van der Waals surface area contributed by atoms with E-state index in [1.54, 1.807) is 11.3 Å². The van der Waals surface area contributed by atoms with E-state index in [0.717, 1.165) is 11.4 Å². The minimum Gasteiger partial charge on any atom is -0.478 e. The first kappa shape index (κ1) is 11.9. The molecular weight excluding hydrogens is 238 g/mol. The lowest BCUT2D eigenvalue weighted by molar-refractivity contribution is 0.0696. The van der Waals surface area contributed by atoms with E-state index in [1.165, 1.54) is 12.3 Å². The van der Waals surface area contributed by atoms with Gasteiger partial charge in [0.05, 0.1) is 10.6 Å². The number of nitrogens with zero attached hydrogens (tertiary/aromatic N) is 1. The van der Waals surface area contributed by atoms with Gasteiger partial charge in [-0.3, -0.25) is 0 Å². The Balaban J connectivity index is 2.27. The van der Waals surface area contributed by atoms with Gasteiger partial charge < -0.3 is 9.52 Å². The number of rotatable bonds is 4. The topological polar surface area (TPSA) is 63.3 Å². The summed E-state index contributed by atoms with van der Waals surface area (Å²) < 4.78 is 5.20. The molecule has 0 saturated carbocycles. The van der Waals surface area contributed by atoms with E-state index in [9.17, 15) is 4.79 Å². The van der Waals surface area contributed by atoms with Crippen LogP contribution in [0.25, 0.3) is 11.5 Å². The molecule has 0 spiro atoms. The molecule has 0 aliphatic heterocycles. The Morgan fingerprint density at radius 1 is 1.65 bits per heavy atom. The van der Waals surface area contributed by atoms with Crippen LogP contribution in [0.3, 0.4) is 0 Å². The van der Waals surface area contributed by atoms with Crippen LogP contribution in [0, 0.1) is 0 Å². The van der Waals surface area contributed by atoms with Gasteiger partial charge in [0.1, 0.15) is 12.0 Å². The summed E-state index contributed by atoms with van der Waals surface area (Å²) in [5.74, 6) is -0.0618. The number of carboxylic acid groups (broad SMARTS) is 1. The van der Waals surface area contributed by atoms with Gasteiger partial charge >= 0.3 is 5.97 Å². The van der Waals surface area contributed by atoms with Crippen molar-refractivity contribution in [3.8, 4) is 11.5 Å². The summed E-state index contributed by atoms with van der Waals surface area (Å²) in [6.45, 7) is 4.23. The SMILES string of the molecule is CCC(C)c1nc(-c2cc(C(=O)O)co2)cs1. The van der Waals surface area contributed by atoms with E-state index in [4.69, 9.17) is 9.52 Å². The van der Waals surface area contributed by atoms with Crippen molar-refractivity contribution >= 4 is 17.3 Å². The van der Waals surface area contributed by atoms with Crippen molar-refractivity contribution < 1.29 is 14.3 Å². The van der Waals surface area contributed by atoms with Crippen molar-refractivity contribution in [2.75, 3.05) is 0 Å². The Labute approximate surface area is 103 Å². The van der Waals surface area contributed by atoms with Crippen molar-refractivity contribution in [3.05, 3.63) is 28.3 Å². The predicted octanol–water partition coefficient (Wildman–Crippen LogP) is 3.61. The summed E-state index contributed by atoms with van der Waals surface area (Å²) >= 11 is 1.58. The minimum absolute atomic E-state index is 0.151. The molecule has 1 unspecified atom stereocenters. The molecule has 0 radical (unpaired) electrons. The lowest BCUT2D eigenvalue weighted by Crippen LogP contribution is -1.91. The van der Waals surface area contributed by atoms with Gasteiger partial charge in [0.25, 0.3) is 0 Å². The van der Waals surface area contributed by atoms with Gasteiger partial charge in [-0.05, 0) is 6.42 Å². The smallest absolute Gasteiger partial charge is 0.338 e. The van der Waals surface area contributed by atoms with Crippen LogP contribution >= 0.6 is 11.3 Å². The fourth-order valence-electron chi connectivity index (χ4n) is 1.38. The number of aromatic nitrogens is 1. The van der Waals surface area contributed by atoms with Crippen LogP contribution in [-0.2, 0) is 0 Å². The van der Waals surface area contributed by atoms with Crippen molar-refractivity contribution in [2.45, 2.75) is 26.2 Å². The Morgan fingerprint density at radius 2 is 2.41 bits per heavy atom. The van der Waals surface area contributed by atoms with Crippen molar-refractivity contribution in [1.82, 2.24) is 4.98 Å². The third-order valence-electron chi connectivity index (χ3n) is 2.65. The van der Waals surface area contributed by atoms with E-state index < -0.39 is 5.97 Å². The molecule has 90 valence electrons. The number of hydrogen-bond acceptors (Lipinski definition) is 4. The van der Waals surface area contributed by atoms with Crippen LogP contribution in [-0.4, -0.2) is 16.1 Å². The van der Waals surface area contributed by atoms with Crippen LogP contribution in [0.4, 0.5) is 0 Å². The van der Waals surface area contributed by atoms with Gasteiger partial charge in [-0.15, -0.1) is 11.3 Å². The first-order chi connectivity index (χ1) is 8.11. The average Bonchev–Trinajstić information content (AvgIpc) is 2.95. The molecule has 0 fully saturated rings. The number of thiazole rings is 1. The molecule has 0 aliphatic carbocycles. The lowest BCUT2D eigenvalue weighted by atomic mass is 10.1. The third-order valence-corrected chi connectivity index (χ3v) is 3.73. The van der Waals surface area contributed by atoms with Crippen molar-refractivity contribution in [3.63, 3.8) is 0 Å². The number of aromatic carboxylic acids is 1. The van der Waals surface area contributed by atoms with Gasteiger partial charge in [-0.2, -0.15) is 0 Å². The molecule has 0 saturated heterocycles. The van der Waals surface area contributed by atoms with Crippen LogP contribution in [0.1, 0.15) is 41.6 Å². The highest BCUT2D eigenvalue weighted by molar-refractivity contribution is 7.10. The van der Waals surface area contributed by atoms with Crippen molar-refractivity contribution in [1.29, 1.82) is 0 Å². The zero-order valence-corrected chi connectivity index (χ0v) is 10.5. The summed E-state index contributed by atoms with van der Waals surface area (Å²) in [5.41, 5.74) is 0.857. The number of carbonyl (C=O) groups is 1. The van der Waals surface area contributed by atoms with Crippen LogP contribution in [0.15, 0.2) is 22.1 Å². The molecule has 1 atom stereocenters. The lowest BCUT2D eigenvalue weighted by Gasteiger charge is -2.01. The van der Waals surface area contributed by atoms with Gasteiger partial charge in [-0.1, -0.05) is 13.8 Å². The maximum atomic E-state index is 10.7. The molecule has 0 aromatic carbocycles. The zero-order chi connectivity index (χ0) is 12.4. The van der Waals surface area contributed by atoms with Gasteiger partial charge in [0, 0.05) is 17.4 Å². The third kappa shape index (κ3) is 2.39. The molecule has 17 heavy (non-hydrogen) atoms. The quantitative estimate of drug-likeness (QED) is 0.901. The summed E-state index contributed by atoms with van der Waals surface area (Å²) in [6.07, 6.45) is 2.27. The van der Waals surface area contributed by atoms with Gasteiger partial charge in [-0.25, -0.2) is 9.78 Å². The molecule has 5 heteroatoms. The van der Waals surface area contributed by atoms with Gasteiger partial charge in [0.15, 0.2) is 5.76 Å². The Bertz CT molecular complexity index is 529. The molecule has 2 rings (SSSR count). The summed E-state index contributed by atoms with van der Waals surface area (Å²) in [4.78, 5) is 15.2. The van der Waals surface area contributed by atoms with Crippen LogP contribution in [0.2, 0.25) is 0 Å².